The van der Waals surface area contributed by atoms with Crippen LogP contribution in [0.25, 0.3) is 10.8 Å². The van der Waals surface area contributed by atoms with Gasteiger partial charge in [-0.3, -0.25) is 29.6 Å². The summed E-state index contributed by atoms with van der Waals surface area (Å²) in [6, 6.07) is 11.9. The highest BCUT2D eigenvalue weighted by Gasteiger charge is 2.43. The van der Waals surface area contributed by atoms with E-state index in [9.17, 15) is 24.3 Å². The molecule has 9 heteroatoms. The van der Waals surface area contributed by atoms with E-state index in [2.05, 4.69) is 15.5 Å². The van der Waals surface area contributed by atoms with Crippen LogP contribution in [0.15, 0.2) is 42.5 Å². The van der Waals surface area contributed by atoms with Crippen LogP contribution in [0.2, 0.25) is 0 Å². The molecule has 2 aromatic rings. The van der Waals surface area contributed by atoms with Crippen molar-refractivity contribution < 1.29 is 29.0 Å². The minimum Gasteiger partial charge on any atom is -0.434 e. The Morgan fingerprint density at radius 3 is 2.44 bits per heavy atom. The van der Waals surface area contributed by atoms with E-state index < -0.39 is 42.0 Å². The normalized spacial score (nSPS) is 24.2. The summed E-state index contributed by atoms with van der Waals surface area (Å²) in [5.74, 6) is -2.96. The van der Waals surface area contributed by atoms with Crippen LogP contribution in [-0.2, 0) is 19.1 Å². The molecule has 2 aromatic carbocycles. The van der Waals surface area contributed by atoms with Crippen molar-refractivity contribution in [1.82, 2.24) is 15.8 Å². The number of nitrogens with one attached hydrogen (secondary N) is 2. The summed E-state index contributed by atoms with van der Waals surface area (Å²) in [7, 11) is 0. The molecule has 0 aromatic heterocycles. The summed E-state index contributed by atoms with van der Waals surface area (Å²) < 4.78 is 4.67. The van der Waals surface area contributed by atoms with Gasteiger partial charge in [0.15, 0.2) is 0 Å². The Balaban J connectivity index is 1.46. The van der Waals surface area contributed by atoms with Gasteiger partial charge in [0.25, 0.3) is 5.91 Å². The van der Waals surface area contributed by atoms with Gasteiger partial charge in [-0.2, -0.15) is 0 Å². The van der Waals surface area contributed by atoms with Gasteiger partial charge in [0, 0.05) is 17.5 Å². The Kier molecular flexibility index (Phi) is 6.83. The lowest BCUT2D eigenvalue weighted by Gasteiger charge is -2.31. The number of aliphatic hydroxyl groups excluding tert-OH is 1. The smallest absolute Gasteiger partial charge is 0.310 e. The SMILES string of the molecule is CC(C)N(NC(=O)c1ccc2ccccc2c1)C(=O)C1CCCC1C(=O)NC1CC(=O)OC1O. The Hall–Kier alpha value is -3.46. The van der Waals surface area contributed by atoms with Gasteiger partial charge in [0.1, 0.15) is 6.04 Å². The molecule has 0 bridgehead atoms. The van der Waals surface area contributed by atoms with Crippen LogP contribution in [0.1, 0.15) is 49.9 Å². The Bertz CT molecular complexity index is 1120. The van der Waals surface area contributed by atoms with Crippen molar-refractivity contribution in [2.45, 2.75) is 57.9 Å². The van der Waals surface area contributed by atoms with Crippen molar-refractivity contribution in [3.8, 4) is 0 Å². The fraction of sp³-hybridized carbons (Fsp3) is 0.440. The third-order valence-corrected chi connectivity index (χ3v) is 6.47. The summed E-state index contributed by atoms with van der Waals surface area (Å²) in [4.78, 5) is 50.7. The summed E-state index contributed by atoms with van der Waals surface area (Å²) in [5.41, 5.74) is 3.16. The van der Waals surface area contributed by atoms with Crippen LogP contribution < -0.4 is 10.7 Å². The summed E-state index contributed by atoms with van der Waals surface area (Å²) in [6.07, 6.45) is 0.194. The average Bonchev–Trinajstić information content (AvgIpc) is 3.42. The van der Waals surface area contributed by atoms with Crippen molar-refractivity contribution >= 4 is 34.5 Å². The average molecular weight is 468 g/mol. The molecule has 2 aliphatic rings. The number of ether oxygens (including phenoxy) is 1. The molecule has 0 radical (unpaired) electrons. The number of aliphatic hydroxyl groups is 1. The third kappa shape index (κ3) is 4.89. The van der Waals surface area contributed by atoms with Gasteiger partial charge >= 0.3 is 5.97 Å². The predicted octanol–water partition coefficient (Wildman–Crippen LogP) is 1.89. The van der Waals surface area contributed by atoms with Gasteiger partial charge < -0.3 is 15.2 Å². The lowest BCUT2D eigenvalue weighted by molar-refractivity contribution is -0.155. The number of benzene rings is 2. The molecule has 9 nitrogen and oxygen atoms in total. The lowest BCUT2D eigenvalue weighted by Crippen LogP contribution is -2.54. The van der Waals surface area contributed by atoms with Crippen LogP contribution >= 0.6 is 0 Å². The summed E-state index contributed by atoms with van der Waals surface area (Å²) in [5, 5.41) is 15.6. The molecule has 1 saturated carbocycles. The van der Waals surface area contributed by atoms with Crippen molar-refractivity contribution in [2.24, 2.45) is 11.8 Å². The quantitative estimate of drug-likeness (QED) is 0.456. The Morgan fingerprint density at radius 2 is 1.76 bits per heavy atom. The fourth-order valence-electron chi connectivity index (χ4n) is 4.65. The van der Waals surface area contributed by atoms with Crippen LogP contribution in [0.5, 0.6) is 0 Å². The maximum atomic E-state index is 13.4. The molecule has 1 heterocycles. The zero-order valence-electron chi connectivity index (χ0n) is 19.2. The minimum atomic E-state index is -1.39. The van der Waals surface area contributed by atoms with Crippen molar-refractivity contribution in [3.63, 3.8) is 0 Å². The Labute approximate surface area is 197 Å². The number of nitrogens with zero attached hydrogens (tertiary/aromatic N) is 1. The van der Waals surface area contributed by atoms with E-state index in [0.717, 1.165) is 10.8 Å². The standard InChI is InChI=1S/C25H29N3O6/c1-14(2)28(27-22(30)17-11-10-15-6-3-4-7-16(15)12-17)24(32)19-9-5-8-18(19)23(31)26-20-13-21(29)34-25(20)33/h3-4,6-7,10-12,14,18-20,25,33H,5,8-9,13H2,1-2H3,(H,26,31)(H,27,30). The van der Waals surface area contributed by atoms with E-state index >= 15 is 0 Å². The van der Waals surface area contributed by atoms with Crippen LogP contribution in [0.4, 0.5) is 0 Å². The second-order valence-electron chi connectivity index (χ2n) is 9.15. The molecule has 3 amide bonds. The lowest BCUT2D eigenvalue weighted by atomic mass is 9.93. The molecular formula is C25H29N3O6. The highest BCUT2D eigenvalue weighted by atomic mass is 16.6. The van der Waals surface area contributed by atoms with E-state index in [1.807, 2.05) is 30.3 Å². The van der Waals surface area contributed by atoms with E-state index in [1.54, 1.807) is 26.0 Å². The number of cyclic esters (lactones) is 1. The molecule has 2 fully saturated rings. The van der Waals surface area contributed by atoms with E-state index in [1.165, 1.54) is 5.01 Å². The molecule has 1 saturated heterocycles. The second-order valence-corrected chi connectivity index (χ2v) is 9.15. The summed E-state index contributed by atoms with van der Waals surface area (Å²) >= 11 is 0. The number of carbonyl (C=O) groups excluding carboxylic acids is 4. The van der Waals surface area contributed by atoms with Crippen LogP contribution in [0.3, 0.4) is 0 Å². The monoisotopic (exact) mass is 467 g/mol. The second kappa shape index (κ2) is 9.80. The molecule has 180 valence electrons. The van der Waals surface area contributed by atoms with Gasteiger partial charge in [0.05, 0.1) is 12.3 Å². The van der Waals surface area contributed by atoms with E-state index in [0.29, 0.717) is 24.8 Å². The van der Waals surface area contributed by atoms with E-state index in [-0.39, 0.29) is 18.4 Å². The number of hydrazine groups is 1. The first-order valence-electron chi connectivity index (χ1n) is 11.6. The molecule has 4 rings (SSSR count). The van der Waals surface area contributed by atoms with Gasteiger partial charge in [-0.1, -0.05) is 36.8 Å². The molecule has 4 unspecified atom stereocenters. The molecule has 34 heavy (non-hydrogen) atoms. The van der Waals surface area contributed by atoms with E-state index in [4.69, 9.17) is 0 Å². The predicted molar refractivity (Wildman–Crippen MR) is 123 cm³/mol. The Morgan fingerprint density at radius 1 is 1.06 bits per heavy atom. The number of hydrogen-bond donors (Lipinski definition) is 3. The van der Waals surface area contributed by atoms with Gasteiger partial charge in [-0.05, 0) is 49.6 Å². The van der Waals surface area contributed by atoms with Crippen molar-refractivity contribution in [3.05, 3.63) is 48.0 Å². The third-order valence-electron chi connectivity index (χ3n) is 6.47. The number of fused-ring (bicyclic) bond motifs is 1. The van der Waals surface area contributed by atoms with Gasteiger partial charge in [0.2, 0.25) is 18.1 Å². The largest absolute Gasteiger partial charge is 0.434 e. The van der Waals surface area contributed by atoms with Gasteiger partial charge in [-0.25, -0.2) is 0 Å². The summed E-state index contributed by atoms with van der Waals surface area (Å²) in [6.45, 7) is 3.58. The van der Waals surface area contributed by atoms with Crippen molar-refractivity contribution in [2.75, 3.05) is 0 Å². The highest BCUT2D eigenvalue weighted by molar-refractivity contribution is 5.99. The van der Waals surface area contributed by atoms with Crippen molar-refractivity contribution in [1.29, 1.82) is 0 Å². The first-order chi connectivity index (χ1) is 16.2. The minimum absolute atomic E-state index is 0.113. The zero-order chi connectivity index (χ0) is 24.4. The molecule has 3 N–H and O–H groups in total. The maximum Gasteiger partial charge on any atom is 0.310 e. The van der Waals surface area contributed by atoms with Gasteiger partial charge in [-0.15, -0.1) is 0 Å². The van der Waals surface area contributed by atoms with Crippen LogP contribution in [0, 0.1) is 11.8 Å². The highest BCUT2D eigenvalue weighted by Crippen LogP contribution is 2.34. The zero-order valence-corrected chi connectivity index (χ0v) is 19.2. The first-order valence-corrected chi connectivity index (χ1v) is 11.6. The topological polar surface area (TPSA) is 125 Å². The molecular weight excluding hydrogens is 438 g/mol. The number of hydrogen-bond acceptors (Lipinski definition) is 6. The molecule has 4 atom stereocenters. The fourth-order valence-corrected chi connectivity index (χ4v) is 4.65. The molecule has 1 aliphatic heterocycles. The number of amides is 3. The number of rotatable bonds is 5. The molecule has 1 aliphatic carbocycles. The number of carbonyl (C=O) groups is 4. The number of esters is 1. The first kappa shape index (κ1) is 23.7. The molecule has 0 spiro atoms. The van der Waals surface area contributed by atoms with Crippen LogP contribution in [-0.4, -0.2) is 52.2 Å². The maximum absolute atomic E-state index is 13.4.